The van der Waals surface area contributed by atoms with E-state index >= 15 is 0 Å². The first-order chi connectivity index (χ1) is 11.1. The minimum Gasteiger partial charge on any atom is -0.380 e. The van der Waals surface area contributed by atoms with Crippen molar-refractivity contribution >= 4 is 28.5 Å². The number of hydrogen-bond donors (Lipinski definition) is 0. The number of benzene rings is 2. The summed E-state index contributed by atoms with van der Waals surface area (Å²) in [6.45, 7) is 5.91. The van der Waals surface area contributed by atoms with E-state index in [0.29, 0.717) is 19.7 Å². The van der Waals surface area contributed by atoms with Gasteiger partial charge in [0.1, 0.15) is 0 Å². The minimum atomic E-state index is 0.0708. The molecular formula is C19H22INO2. The Balaban J connectivity index is 2.42. The Morgan fingerprint density at radius 1 is 1.09 bits per heavy atom. The number of carbonyl (C=O) groups excluding carboxylic acids is 1. The van der Waals surface area contributed by atoms with Gasteiger partial charge in [-0.25, -0.2) is 0 Å². The Bertz CT molecular complexity index is 664. The third-order valence-electron chi connectivity index (χ3n) is 3.86. The van der Waals surface area contributed by atoms with Gasteiger partial charge in [-0.15, -0.1) is 0 Å². The third kappa shape index (κ3) is 4.32. The molecule has 0 bridgehead atoms. The van der Waals surface area contributed by atoms with Crippen molar-refractivity contribution in [3.63, 3.8) is 0 Å². The molecule has 0 atom stereocenters. The molecule has 0 aliphatic rings. The van der Waals surface area contributed by atoms with Crippen LogP contribution in [0.5, 0.6) is 0 Å². The molecule has 0 saturated carbocycles. The number of carbonyl (C=O) groups is 1. The van der Waals surface area contributed by atoms with Gasteiger partial charge < -0.3 is 9.64 Å². The van der Waals surface area contributed by atoms with Crippen LogP contribution in [0.25, 0.3) is 11.1 Å². The monoisotopic (exact) mass is 423 g/mol. The summed E-state index contributed by atoms with van der Waals surface area (Å²) in [5, 5.41) is 0. The van der Waals surface area contributed by atoms with Gasteiger partial charge in [-0.2, -0.15) is 0 Å². The summed E-state index contributed by atoms with van der Waals surface area (Å²) in [6.07, 6.45) is 0. The van der Waals surface area contributed by atoms with Gasteiger partial charge in [0, 0.05) is 29.3 Å². The van der Waals surface area contributed by atoms with Crippen molar-refractivity contribution in [3.05, 3.63) is 57.2 Å². The highest BCUT2D eigenvalue weighted by atomic mass is 127. The van der Waals surface area contributed by atoms with Crippen molar-refractivity contribution in [1.82, 2.24) is 4.90 Å². The predicted octanol–water partition coefficient (Wildman–Crippen LogP) is 4.59. The predicted molar refractivity (Wildman–Crippen MR) is 103 cm³/mol. The molecule has 0 spiro atoms. The summed E-state index contributed by atoms with van der Waals surface area (Å²) < 4.78 is 6.54. The molecule has 0 saturated heterocycles. The highest BCUT2D eigenvalue weighted by molar-refractivity contribution is 14.1. The number of halogens is 1. The molecule has 2 rings (SSSR count). The van der Waals surface area contributed by atoms with Crippen LogP contribution in [0, 0.1) is 3.57 Å². The van der Waals surface area contributed by atoms with Crippen LogP contribution < -0.4 is 0 Å². The van der Waals surface area contributed by atoms with Crippen LogP contribution in [0.15, 0.2) is 42.5 Å². The van der Waals surface area contributed by atoms with Gasteiger partial charge in [0.15, 0.2) is 0 Å². The Hall–Kier alpha value is -1.40. The quantitative estimate of drug-likeness (QED) is 0.637. The number of hydrogen-bond acceptors (Lipinski definition) is 2. The Labute approximate surface area is 151 Å². The van der Waals surface area contributed by atoms with E-state index in [1.54, 1.807) is 7.11 Å². The van der Waals surface area contributed by atoms with Crippen molar-refractivity contribution in [2.75, 3.05) is 20.2 Å². The second-order valence-electron chi connectivity index (χ2n) is 5.29. The van der Waals surface area contributed by atoms with Crippen molar-refractivity contribution in [2.45, 2.75) is 20.5 Å². The van der Waals surface area contributed by atoms with Crippen LogP contribution in [0.4, 0.5) is 0 Å². The van der Waals surface area contributed by atoms with Crippen LogP contribution in [0.2, 0.25) is 0 Å². The third-order valence-corrected chi connectivity index (χ3v) is 4.58. The Morgan fingerprint density at radius 3 is 2.30 bits per heavy atom. The minimum absolute atomic E-state index is 0.0708. The van der Waals surface area contributed by atoms with Gasteiger partial charge in [0.2, 0.25) is 0 Å². The normalized spacial score (nSPS) is 10.6. The Morgan fingerprint density at radius 2 is 1.74 bits per heavy atom. The molecule has 0 aromatic heterocycles. The first-order valence-corrected chi connectivity index (χ1v) is 8.85. The fraction of sp³-hybridized carbons (Fsp3) is 0.316. The molecule has 3 nitrogen and oxygen atoms in total. The van der Waals surface area contributed by atoms with E-state index in [2.05, 4.69) is 46.9 Å². The van der Waals surface area contributed by atoms with Crippen LogP contribution in [-0.2, 0) is 11.3 Å². The van der Waals surface area contributed by atoms with E-state index in [9.17, 15) is 4.79 Å². The van der Waals surface area contributed by atoms with E-state index in [1.807, 2.05) is 36.9 Å². The van der Waals surface area contributed by atoms with E-state index in [4.69, 9.17) is 4.74 Å². The summed E-state index contributed by atoms with van der Waals surface area (Å²) in [6, 6.07) is 14.3. The molecule has 4 heteroatoms. The summed E-state index contributed by atoms with van der Waals surface area (Å²) in [4.78, 5) is 14.4. The van der Waals surface area contributed by atoms with Crippen LogP contribution in [0.1, 0.15) is 29.8 Å². The summed E-state index contributed by atoms with van der Waals surface area (Å²) in [5.74, 6) is 0.0708. The topological polar surface area (TPSA) is 29.5 Å². The number of nitrogens with zero attached hydrogens (tertiary/aromatic N) is 1. The lowest BCUT2D eigenvalue weighted by molar-refractivity contribution is 0.0772. The molecule has 0 unspecified atom stereocenters. The van der Waals surface area contributed by atoms with Crippen molar-refractivity contribution in [2.24, 2.45) is 0 Å². The lowest BCUT2D eigenvalue weighted by Gasteiger charge is -2.20. The maximum atomic E-state index is 12.5. The zero-order valence-electron chi connectivity index (χ0n) is 13.8. The molecule has 23 heavy (non-hydrogen) atoms. The van der Waals surface area contributed by atoms with Crippen LogP contribution in [-0.4, -0.2) is 31.0 Å². The molecule has 0 aliphatic heterocycles. The molecule has 0 fully saturated rings. The van der Waals surface area contributed by atoms with E-state index in [1.165, 1.54) is 3.57 Å². The van der Waals surface area contributed by atoms with Crippen LogP contribution >= 0.6 is 22.6 Å². The highest BCUT2D eigenvalue weighted by Crippen LogP contribution is 2.26. The maximum Gasteiger partial charge on any atom is 0.253 e. The SMILES string of the molecule is CCN(CC)C(=O)c1ccc(-c2ccc(I)cc2)c(COC)c1. The fourth-order valence-electron chi connectivity index (χ4n) is 2.61. The van der Waals surface area contributed by atoms with Crippen molar-refractivity contribution in [1.29, 1.82) is 0 Å². The van der Waals surface area contributed by atoms with Gasteiger partial charge in [-0.3, -0.25) is 4.79 Å². The molecule has 2 aromatic rings. The zero-order valence-corrected chi connectivity index (χ0v) is 16.0. The smallest absolute Gasteiger partial charge is 0.253 e. The second-order valence-corrected chi connectivity index (χ2v) is 6.53. The second kappa shape index (κ2) is 8.45. The van der Waals surface area contributed by atoms with E-state index < -0.39 is 0 Å². The number of amides is 1. The lowest BCUT2D eigenvalue weighted by Crippen LogP contribution is -2.30. The molecule has 0 radical (unpaired) electrons. The largest absolute Gasteiger partial charge is 0.380 e. The molecule has 0 aliphatic carbocycles. The zero-order chi connectivity index (χ0) is 16.8. The van der Waals surface area contributed by atoms with Gasteiger partial charge >= 0.3 is 0 Å². The standard InChI is InChI=1S/C19H22INO2/c1-4-21(5-2)19(22)15-8-11-18(16(12-15)13-23-3)14-6-9-17(20)10-7-14/h6-12H,4-5,13H2,1-3H3. The summed E-state index contributed by atoms with van der Waals surface area (Å²) >= 11 is 2.30. The van der Waals surface area contributed by atoms with Gasteiger partial charge in [-0.1, -0.05) is 18.2 Å². The summed E-state index contributed by atoms with van der Waals surface area (Å²) in [7, 11) is 1.68. The number of rotatable bonds is 6. The fourth-order valence-corrected chi connectivity index (χ4v) is 2.97. The van der Waals surface area contributed by atoms with E-state index in [-0.39, 0.29) is 5.91 Å². The molecule has 2 aromatic carbocycles. The molecular weight excluding hydrogens is 401 g/mol. The molecule has 122 valence electrons. The van der Waals surface area contributed by atoms with Gasteiger partial charge in [0.25, 0.3) is 5.91 Å². The number of methoxy groups -OCH3 is 1. The first kappa shape index (κ1) is 17.9. The number of ether oxygens (including phenoxy) is 1. The van der Waals surface area contributed by atoms with Crippen molar-refractivity contribution in [3.8, 4) is 11.1 Å². The van der Waals surface area contributed by atoms with Crippen LogP contribution in [0.3, 0.4) is 0 Å². The summed E-state index contributed by atoms with van der Waals surface area (Å²) in [5.41, 5.74) is 4.00. The first-order valence-electron chi connectivity index (χ1n) is 7.77. The molecule has 0 heterocycles. The van der Waals surface area contributed by atoms with Crippen molar-refractivity contribution < 1.29 is 9.53 Å². The average Bonchev–Trinajstić information content (AvgIpc) is 2.57. The Kier molecular flexibility index (Phi) is 6.59. The molecule has 1 amide bonds. The highest BCUT2D eigenvalue weighted by Gasteiger charge is 2.15. The molecule has 0 N–H and O–H groups in total. The maximum absolute atomic E-state index is 12.5. The lowest BCUT2D eigenvalue weighted by atomic mass is 9.97. The van der Waals surface area contributed by atoms with Gasteiger partial charge in [-0.05, 0) is 77.4 Å². The van der Waals surface area contributed by atoms with Gasteiger partial charge in [0.05, 0.1) is 6.61 Å². The van der Waals surface area contributed by atoms with E-state index in [0.717, 1.165) is 22.3 Å². The average molecular weight is 423 g/mol.